The second-order valence-electron chi connectivity index (χ2n) is 5.29. The second-order valence-corrected chi connectivity index (χ2v) is 8.09. The van der Waals surface area contributed by atoms with Gasteiger partial charge in [0.2, 0.25) is 10.0 Å². The smallest absolute Gasteiger partial charge is 0.246 e. The van der Waals surface area contributed by atoms with Crippen molar-refractivity contribution in [1.82, 2.24) is 4.31 Å². The van der Waals surface area contributed by atoms with Gasteiger partial charge in [-0.25, -0.2) is 8.42 Å². The van der Waals surface area contributed by atoms with E-state index in [1.54, 1.807) is 24.3 Å². The first-order valence-electron chi connectivity index (χ1n) is 7.18. The van der Waals surface area contributed by atoms with Crippen molar-refractivity contribution in [2.75, 3.05) is 20.3 Å². The van der Waals surface area contributed by atoms with Gasteiger partial charge in [-0.3, -0.25) is 0 Å². The Hall–Kier alpha value is -1.47. The molecule has 3 rings (SSSR count). The van der Waals surface area contributed by atoms with Crippen LogP contribution in [0.1, 0.15) is 5.56 Å². The molecule has 128 valence electrons. The van der Waals surface area contributed by atoms with Crippen LogP contribution in [0.2, 0.25) is 10.0 Å². The quantitative estimate of drug-likeness (QED) is 0.804. The second kappa shape index (κ2) is 6.80. The van der Waals surface area contributed by atoms with E-state index in [2.05, 4.69) is 0 Å². The fraction of sp³-hybridized carbons (Fsp3) is 0.250. The molecule has 2 aromatic carbocycles. The molecular formula is C16H15Cl2NO4S. The molecule has 1 aliphatic heterocycles. The lowest BCUT2D eigenvalue weighted by atomic mass is 10.2. The SMILES string of the molecule is CN(Cc1ccc2c(c1)OCCO2)S(=O)(=O)c1c(Cl)cccc1Cl. The summed E-state index contributed by atoms with van der Waals surface area (Å²) in [7, 11) is -2.34. The summed E-state index contributed by atoms with van der Waals surface area (Å²) in [6.45, 7) is 1.13. The van der Waals surface area contributed by atoms with Gasteiger partial charge in [-0.05, 0) is 29.8 Å². The number of fused-ring (bicyclic) bond motifs is 1. The predicted molar refractivity (Wildman–Crippen MR) is 92.5 cm³/mol. The zero-order valence-electron chi connectivity index (χ0n) is 12.8. The van der Waals surface area contributed by atoms with Crippen molar-refractivity contribution in [3.8, 4) is 11.5 Å². The number of ether oxygens (including phenoxy) is 2. The van der Waals surface area contributed by atoms with Crippen LogP contribution < -0.4 is 9.47 Å². The van der Waals surface area contributed by atoms with Crippen molar-refractivity contribution in [1.29, 1.82) is 0 Å². The Bertz CT molecular complexity index is 850. The van der Waals surface area contributed by atoms with Gasteiger partial charge >= 0.3 is 0 Å². The molecule has 0 fully saturated rings. The number of hydrogen-bond donors (Lipinski definition) is 0. The Morgan fingerprint density at radius 2 is 1.67 bits per heavy atom. The molecule has 0 saturated carbocycles. The van der Waals surface area contributed by atoms with Crippen LogP contribution in [0.4, 0.5) is 0 Å². The molecule has 0 radical (unpaired) electrons. The highest BCUT2D eigenvalue weighted by molar-refractivity contribution is 7.89. The third kappa shape index (κ3) is 3.32. The Morgan fingerprint density at radius 1 is 1.04 bits per heavy atom. The summed E-state index contributed by atoms with van der Waals surface area (Å²) in [6, 6.07) is 9.94. The van der Waals surface area contributed by atoms with Crippen LogP contribution in [0, 0.1) is 0 Å². The van der Waals surface area contributed by atoms with Crippen LogP contribution in [-0.4, -0.2) is 33.0 Å². The maximum absolute atomic E-state index is 12.8. The average Bonchev–Trinajstić information content (AvgIpc) is 2.54. The molecule has 5 nitrogen and oxygen atoms in total. The van der Waals surface area contributed by atoms with Gasteiger partial charge in [-0.2, -0.15) is 4.31 Å². The lowest BCUT2D eigenvalue weighted by Gasteiger charge is -2.21. The molecule has 8 heteroatoms. The molecule has 0 bridgehead atoms. The summed E-state index contributed by atoms with van der Waals surface area (Å²) in [4.78, 5) is -0.0895. The van der Waals surface area contributed by atoms with Crippen LogP contribution in [0.15, 0.2) is 41.3 Å². The summed E-state index contributed by atoms with van der Waals surface area (Å²) < 4.78 is 37.7. The third-order valence-electron chi connectivity index (χ3n) is 3.60. The maximum atomic E-state index is 12.8. The largest absolute Gasteiger partial charge is 0.486 e. The normalized spacial score (nSPS) is 14.0. The van der Waals surface area contributed by atoms with E-state index in [4.69, 9.17) is 32.7 Å². The van der Waals surface area contributed by atoms with Gasteiger partial charge < -0.3 is 9.47 Å². The van der Waals surface area contributed by atoms with Crippen molar-refractivity contribution in [2.45, 2.75) is 11.4 Å². The fourth-order valence-electron chi connectivity index (χ4n) is 2.41. The van der Waals surface area contributed by atoms with Crippen molar-refractivity contribution in [2.24, 2.45) is 0 Å². The molecule has 0 saturated heterocycles. The number of nitrogens with zero attached hydrogens (tertiary/aromatic N) is 1. The summed E-state index contributed by atoms with van der Waals surface area (Å²) in [6.07, 6.45) is 0. The predicted octanol–water partition coefficient (Wildman–Crippen LogP) is 3.59. The van der Waals surface area contributed by atoms with E-state index in [9.17, 15) is 8.42 Å². The fourth-order valence-corrected chi connectivity index (χ4v) is 4.66. The Balaban J connectivity index is 1.88. The summed E-state index contributed by atoms with van der Waals surface area (Å²) >= 11 is 12.1. The van der Waals surface area contributed by atoms with E-state index >= 15 is 0 Å². The highest BCUT2D eigenvalue weighted by Gasteiger charge is 2.26. The summed E-state index contributed by atoms with van der Waals surface area (Å²) in [5, 5.41) is 0.188. The van der Waals surface area contributed by atoms with Crippen molar-refractivity contribution >= 4 is 33.2 Å². The highest BCUT2D eigenvalue weighted by Crippen LogP contribution is 2.33. The van der Waals surface area contributed by atoms with Gasteiger partial charge in [-0.1, -0.05) is 35.3 Å². The number of sulfonamides is 1. The molecule has 0 unspecified atom stereocenters. The number of halogens is 2. The lowest BCUT2D eigenvalue weighted by molar-refractivity contribution is 0.171. The minimum absolute atomic E-state index is 0.0895. The van der Waals surface area contributed by atoms with Gasteiger partial charge in [0.1, 0.15) is 18.1 Å². The zero-order chi connectivity index (χ0) is 17.3. The van der Waals surface area contributed by atoms with E-state index in [0.29, 0.717) is 24.7 Å². The Kier molecular flexibility index (Phi) is 4.92. The van der Waals surface area contributed by atoms with E-state index in [1.807, 2.05) is 0 Å². The van der Waals surface area contributed by atoms with Crippen LogP contribution in [0.25, 0.3) is 0 Å². The first-order valence-corrected chi connectivity index (χ1v) is 9.38. The van der Waals surface area contributed by atoms with Crippen LogP contribution in [0.3, 0.4) is 0 Å². The van der Waals surface area contributed by atoms with E-state index in [1.165, 1.54) is 23.5 Å². The average molecular weight is 388 g/mol. The van der Waals surface area contributed by atoms with E-state index in [-0.39, 0.29) is 21.5 Å². The zero-order valence-corrected chi connectivity index (χ0v) is 15.2. The van der Waals surface area contributed by atoms with Gasteiger partial charge in [0.15, 0.2) is 11.5 Å². The van der Waals surface area contributed by atoms with Gasteiger partial charge in [0, 0.05) is 13.6 Å². The molecule has 24 heavy (non-hydrogen) atoms. The van der Waals surface area contributed by atoms with Crippen LogP contribution in [-0.2, 0) is 16.6 Å². The van der Waals surface area contributed by atoms with E-state index < -0.39 is 10.0 Å². The Morgan fingerprint density at radius 3 is 2.33 bits per heavy atom. The summed E-state index contributed by atoms with van der Waals surface area (Å²) in [5.74, 6) is 1.27. The topological polar surface area (TPSA) is 55.8 Å². The van der Waals surface area contributed by atoms with Gasteiger partial charge in [0.05, 0.1) is 10.0 Å². The van der Waals surface area contributed by atoms with Crippen molar-refractivity contribution < 1.29 is 17.9 Å². The first-order chi connectivity index (χ1) is 11.4. The van der Waals surface area contributed by atoms with E-state index in [0.717, 1.165) is 5.56 Å². The van der Waals surface area contributed by atoms with Gasteiger partial charge in [-0.15, -0.1) is 0 Å². The molecule has 1 heterocycles. The molecule has 0 aliphatic carbocycles. The molecule has 0 N–H and O–H groups in total. The first kappa shape index (κ1) is 17.4. The minimum atomic E-state index is -3.82. The minimum Gasteiger partial charge on any atom is -0.486 e. The van der Waals surface area contributed by atoms with Crippen LogP contribution >= 0.6 is 23.2 Å². The Labute approximate surface area is 150 Å². The molecule has 2 aromatic rings. The standard InChI is InChI=1S/C16H15Cl2NO4S/c1-19(24(20,21)16-12(17)3-2-4-13(16)18)10-11-5-6-14-15(9-11)23-8-7-22-14/h2-6,9H,7-8,10H2,1H3. The third-order valence-corrected chi connectivity index (χ3v) is 6.36. The van der Waals surface area contributed by atoms with Crippen molar-refractivity contribution in [3.05, 3.63) is 52.0 Å². The summed E-state index contributed by atoms with van der Waals surface area (Å²) in [5.41, 5.74) is 0.772. The number of hydrogen-bond acceptors (Lipinski definition) is 4. The van der Waals surface area contributed by atoms with Crippen molar-refractivity contribution in [3.63, 3.8) is 0 Å². The molecular weight excluding hydrogens is 373 g/mol. The molecule has 0 aromatic heterocycles. The monoisotopic (exact) mass is 387 g/mol. The molecule has 1 aliphatic rings. The molecule has 0 amide bonds. The van der Waals surface area contributed by atoms with Gasteiger partial charge in [0.25, 0.3) is 0 Å². The lowest BCUT2D eigenvalue weighted by Crippen LogP contribution is -2.27. The number of rotatable bonds is 4. The highest BCUT2D eigenvalue weighted by atomic mass is 35.5. The molecule has 0 spiro atoms. The molecule has 0 atom stereocenters. The van der Waals surface area contributed by atoms with Crippen LogP contribution in [0.5, 0.6) is 11.5 Å². The number of benzene rings is 2. The maximum Gasteiger partial charge on any atom is 0.246 e.